The van der Waals surface area contributed by atoms with Gasteiger partial charge in [0.15, 0.2) is 0 Å². The van der Waals surface area contributed by atoms with Crippen LogP contribution in [-0.4, -0.2) is 15.0 Å². The second-order valence-corrected chi connectivity index (χ2v) is 5.53. The largest absolute Gasteiger partial charge is 0.329 e. The zero-order valence-electron chi connectivity index (χ0n) is 12.2. The number of halogens is 2. The molecule has 0 radical (unpaired) electrons. The molecule has 0 aliphatic carbocycles. The van der Waals surface area contributed by atoms with E-state index in [2.05, 4.69) is 5.32 Å². The van der Waals surface area contributed by atoms with Gasteiger partial charge >= 0.3 is 5.69 Å². The minimum Gasteiger partial charge on any atom is -0.322 e. The minimum absolute atomic E-state index is 0.0210. The molecule has 2 aromatic carbocycles. The number of hydrogen-bond acceptors (Lipinski definition) is 2. The van der Waals surface area contributed by atoms with E-state index in [0.717, 1.165) is 11.6 Å². The number of fused-ring (bicyclic) bond motifs is 1. The van der Waals surface area contributed by atoms with Crippen molar-refractivity contribution in [3.05, 3.63) is 63.8 Å². The molecule has 1 N–H and O–H groups in total. The van der Waals surface area contributed by atoms with Crippen LogP contribution < -0.4 is 11.0 Å². The smallest absolute Gasteiger partial charge is 0.322 e. The predicted molar refractivity (Wildman–Crippen MR) is 87.2 cm³/mol. The van der Waals surface area contributed by atoms with E-state index >= 15 is 0 Å². The van der Waals surface area contributed by atoms with Crippen LogP contribution in [-0.2, 0) is 18.4 Å². The van der Waals surface area contributed by atoms with Gasteiger partial charge in [-0.3, -0.25) is 13.9 Å². The number of rotatable bonds is 3. The standard InChI is InChI=1S/C16H13ClFN3O2/c1-20-13-4-2-3-5-14(13)21(16(20)23)9-15(22)19-12-7-6-10(17)8-11(12)18/h2-8H,9H2,1H3,(H,19,22). The number of amides is 1. The first-order valence-corrected chi connectivity index (χ1v) is 7.24. The van der Waals surface area contributed by atoms with Crippen molar-refractivity contribution in [2.75, 3.05) is 5.32 Å². The van der Waals surface area contributed by atoms with Crippen molar-refractivity contribution in [1.82, 2.24) is 9.13 Å². The van der Waals surface area contributed by atoms with Gasteiger partial charge in [-0.15, -0.1) is 0 Å². The second-order valence-electron chi connectivity index (χ2n) is 5.09. The Kier molecular flexibility index (Phi) is 3.92. The van der Waals surface area contributed by atoms with Crippen LogP contribution in [0, 0.1) is 5.82 Å². The highest BCUT2D eigenvalue weighted by Gasteiger charge is 2.14. The maximum Gasteiger partial charge on any atom is 0.329 e. The summed E-state index contributed by atoms with van der Waals surface area (Å²) in [5, 5.41) is 2.69. The zero-order chi connectivity index (χ0) is 16.6. The average Bonchev–Trinajstić information content (AvgIpc) is 2.76. The Bertz CT molecular complexity index is 962. The fraction of sp³-hybridized carbons (Fsp3) is 0.125. The molecule has 0 saturated carbocycles. The third kappa shape index (κ3) is 2.85. The van der Waals surface area contributed by atoms with Gasteiger partial charge in [-0.25, -0.2) is 9.18 Å². The van der Waals surface area contributed by atoms with Crippen molar-refractivity contribution >= 4 is 34.2 Å². The molecular weight excluding hydrogens is 321 g/mol. The van der Waals surface area contributed by atoms with Crippen molar-refractivity contribution in [1.29, 1.82) is 0 Å². The molecule has 0 unspecified atom stereocenters. The highest BCUT2D eigenvalue weighted by molar-refractivity contribution is 6.30. The van der Waals surface area contributed by atoms with Crippen LogP contribution in [0.2, 0.25) is 5.02 Å². The Balaban J connectivity index is 1.89. The Labute approximate surface area is 135 Å². The Hall–Kier alpha value is -2.60. The van der Waals surface area contributed by atoms with E-state index in [1.165, 1.54) is 21.3 Å². The summed E-state index contributed by atoms with van der Waals surface area (Å²) in [6.07, 6.45) is 0. The summed E-state index contributed by atoms with van der Waals surface area (Å²) in [5.41, 5.74) is 1.08. The third-order valence-corrected chi connectivity index (χ3v) is 3.79. The fourth-order valence-electron chi connectivity index (χ4n) is 2.44. The van der Waals surface area contributed by atoms with Crippen LogP contribution in [0.25, 0.3) is 11.0 Å². The first-order valence-electron chi connectivity index (χ1n) is 6.86. The Morgan fingerprint density at radius 1 is 1.22 bits per heavy atom. The summed E-state index contributed by atoms with van der Waals surface area (Å²) in [6.45, 7) is -0.206. The summed E-state index contributed by atoms with van der Waals surface area (Å²) in [7, 11) is 1.64. The SMILES string of the molecule is Cn1c(=O)n(CC(=O)Nc2ccc(Cl)cc2F)c2ccccc21. The third-order valence-electron chi connectivity index (χ3n) is 3.56. The molecule has 0 saturated heterocycles. The van der Waals surface area contributed by atoms with Crippen molar-refractivity contribution in [2.24, 2.45) is 7.05 Å². The average molecular weight is 334 g/mol. The van der Waals surface area contributed by atoms with Gasteiger partial charge in [-0.2, -0.15) is 0 Å². The van der Waals surface area contributed by atoms with E-state index in [1.54, 1.807) is 25.2 Å². The quantitative estimate of drug-likeness (QED) is 0.801. The minimum atomic E-state index is -0.629. The van der Waals surface area contributed by atoms with Crippen LogP contribution in [0.3, 0.4) is 0 Å². The van der Waals surface area contributed by atoms with Crippen molar-refractivity contribution in [3.63, 3.8) is 0 Å². The summed E-state index contributed by atoms with van der Waals surface area (Å²) >= 11 is 5.67. The normalized spacial score (nSPS) is 10.9. The lowest BCUT2D eigenvalue weighted by molar-refractivity contribution is -0.116. The van der Waals surface area contributed by atoms with E-state index in [4.69, 9.17) is 11.6 Å². The summed E-state index contributed by atoms with van der Waals surface area (Å²) in [4.78, 5) is 24.4. The van der Waals surface area contributed by atoms with Gasteiger partial charge < -0.3 is 5.32 Å². The van der Waals surface area contributed by atoms with Gasteiger partial charge in [0, 0.05) is 12.1 Å². The number of imidazole rings is 1. The molecule has 1 heterocycles. The number of carbonyl (C=O) groups excluding carboxylic acids is 1. The van der Waals surface area contributed by atoms with Gasteiger partial charge in [0.2, 0.25) is 5.91 Å². The molecular formula is C16H13ClFN3O2. The molecule has 118 valence electrons. The van der Waals surface area contributed by atoms with Crippen LogP contribution in [0.5, 0.6) is 0 Å². The first kappa shape index (κ1) is 15.3. The molecule has 7 heteroatoms. The van der Waals surface area contributed by atoms with Crippen molar-refractivity contribution in [2.45, 2.75) is 6.54 Å². The molecule has 3 aromatic rings. The molecule has 0 aliphatic heterocycles. The van der Waals surface area contributed by atoms with Crippen LogP contribution in [0.4, 0.5) is 10.1 Å². The van der Waals surface area contributed by atoms with E-state index in [9.17, 15) is 14.0 Å². The number of anilines is 1. The van der Waals surface area contributed by atoms with Gasteiger partial charge in [0.25, 0.3) is 0 Å². The monoisotopic (exact) mass is 333 g/mol. The highest BCUT2D eigenvalue weighted by atomic mass is 35.5. The number of nitrogens with one attached hydrogen (secondary N) is 1. The lowest BCUT2D eigenvalue weighted by Crippen LogP contribution is -2.28. The number of carbonyl (C=O) groups is 1. The Morgan fingerprint density at radius 2 is 1.91 bits per heavy atom. The van der Waals surface area contributed by atoms with Gasteiger partial charge in [-0.05, 0) is 30.3 Å². The molecule has 23 heavy (non-hydrogen) atoms. The van der Waals surface area contributed by atoms with Gasteiger partial charge in [-0.1, -0.05) is 23.7 Å². The first-order chi connectivity index (χ1) is 11.0. The summed E-state index contributed by atoms with van der Waals surface area (Å²) in [6, 6.07) is 11.1. The molecule has 0 aliphatic rings. The molecule has 3 rings (SSSR count). The van der Waals surface area contributed by atoms with Crippen molar-refractivity contribution in [3.8, 4) is 0 Å². The van der Waals surface area contributed by atoms with E-state index in [-0.39, 0.29) is 22.9 Å². The molecule has 0 spiro atoms. The number of nitrogens with zero attached hydrogens (tertiary/aromatic N) is 2. The van der Waals surface area contributed by atoms with Crippen molar-refractivity contribution < 1.29 is 9.18 Å². The van der Waals surface area contributed by atoms with Gasteiger partial charge in [0.05, 0.1) is 16.7 Å². The van der Waals surface area contributed by atoms with Crippen LogP contribution >= 0.6 is 11.6 Å². The number of hydrogen-bond donors (Lipinski definition) is 1. The number of aryl methyl sites for hydroxylation is 1. The molecule has 0 bridgehead atoms. The zero-order valence-corrected chi connectivity index (χ0v) is 13.0. The number of para-hydroxylation sites is 2. The van der Waals surface area contributed by atoms with E-state index in [1.807, 2.05) is 6.07 Å². The molecule has 1 aromatic heterocycles. The Morgan fingerprint density at radius 3 is 2.61 bits per heavy atom. The highest BCUT2D eigenvalue weighted by Crippen LogP contribution is 2.19. The van der Waals surface area contributed by atoms with Crippen LogP contribution in [0.1, 0.15) is 0 Å². The molecule has 0 fully saturated rings. The van der Waals surface area contributed by atoms with Crippen LogP contribution in [0.15, 0.2) is 47.3 Å². The van der Waals surface area contributed by atoms with E-state index in [0.29, 0.717) is 5.52 Å². The maximum atomic E-state index is 13.7. The molecule has 1 amide bonds. The summed E-state index contributed by atoms with van der Waals surface area (Å²) < 4.78 is 16.5. The number of benzene rings is 2. The number of aromatic nitrogens is 2. The van der Waals surface area contributed by atoms with E-state index < -0.39 is 11.7 Å². The maximum absolute atomic E-state index is 13.7. The predicted octanol–water partition coefficient (Wildman–Crippen LogP) is 2.77. The molecule has 0 atom stereocenters. The van der Waals surface area contributed by atoms with Gasteiger partial charge in [0.1, 0.15) is 12.4 Å². The molecule has 5 nitrogen and oxygen atoms in total. The summed E-state index contributed by atoms with van der Waals surface area (Å²) in [5.74, 6) is -1.12. The fourth-order valence-corrected chi connectivity index (χ4v) is 2.60. The topological polar surface area (TPSA) is 56.0 Å². The lowest BCUT2D eigenvalue weighted by atomic mass is 10.3. The lowest BCUT2D eigenvalue weighted by Gasteiger charge is -2.07. The second kappa shape index (κ2) is 5.89.